The number of methoxy groups -OCH3 is 1. The standard InChI is InChI=1S/C32H41N7O4/c1-31(2)16-23(17-32(3,4)38(31)5)35-29-24(20-8-7-9-21(14-20)28(33)41)18-34-30(37-29)36-22-10-11-25-26(15-22)43-19-27(40)39(25)12-13-42-6/h7-11,14-15,18,23H,12-13,16-17,19H2,1-6H3,(H2,33,41)(H2,34,35,36,37). The Hall–Kier alpha value is -4.22. The van der Waals surface area contributed by atoms with Gasteiger partial charge >= 0.3 is 0 Å². The molecule has 1 saturated heterocycles. The van der Waals surface area contributed by atoms with Crippen LogP contribution in [-0.2, 0) is 9.53 Å². The fourth-order valence-corrected chi connectivity index (χ4v) is 6.11. The highest BCUT2D eigenvalue weighted by atomic mass is 16.5. The number of hydrogen-bond acceptors (Lipinski definition) is 9. The summed E-state index contributed by atoms with van der Waals surface area (Å²) in [6, 6.07) is 12.9. The summed E-state index contributed by atoms with van der Waals surface area (Å²) in [5.74, 6) is 1.04. The molecule has 11 nitrogen and oxygen atoms in total. The van der Waals surface area contributed by atoms with Crippen LogP contribution in [0, 0.1) is 0 Å². The second-order valence-corrected chi connectivity index (χ2v) is 12.5. The number of nitrogens with one attached hydrogen (secondary N) is 2. The molecule has 228 valence electrons. The zero-order chi connectivity index (χ0) is 30.9. The summed E-state index contributed by atoms with van der Waals surface area (Å²) in [7, 11) is 3.79. The second kappa shape index (κ2) is 11.8. The minimum Gasteiger partial charge on any atom is -0.481 e. The summed E-state index contributed by atoms with van der Waals surface area (Å²) in [6.45, 7) is 9.87. The van der Waals surface area contributed by atoms with E-state index < -0.39 is 5.91 Å². The van der Waals surface area contributed by atoms with E-state index in [1.807, 2.05) is 24.3 Å². The van der Waals surface area contributed by atoms with Gasteiger partial charge in [0.1, 0.15) is 11.6 Å². The quantitative estimate of drug-likeness (QED) is 0.332. The molecule has 0 bridgehead atoms. The summed E-state index contributed by atoms with van der Waals surface area (Å²) < 4.78 is 10.9. The third-order valence-electron chi connectivity index (χ3n) is 8.57. The van der Waals surface area contributed by atoms with Crippen LogP contribution in [0.1, 0.15) is 50.9 Å². The summed E-state index contributed by atoms with van der Waals surface area (Å²) in [5, 5.41) is 7.02. The van der Waals surface area contributed by atoms with Gasteiger partial charge in [0.15, 0.2) is 6.61 Å². The van der Waals surface area contributed by atoms with E-state index in [9.17, 15) is 9.59 Å². The number of piperidine rings is 1. The maximum atomic E-state index is 12.4. The van der Waals surface area contributed by atoms with Crippen LogP contribution in [0.25, 0.3) is 11.1 Å². The van der Waals surface area contributed by atoms with Crippen molar-refractivity contribution in [3.8, 4) is 16.9 Å². The molecular weight excluding hydrogens is 546 g/mol. The number of rotatable bonds is 9. The molecule has 43 heavy (non-hydrogen) atoms. The molecule has 3 heterocycles. The number of hydrogen-bond donors (Lipinski definition) is 3. The molecule has 2 aromatic carbocycles. The minimum atomic E-state index is -0.494. The fraction of sp³-hybridized carbons (Fsp3) is 0.438. The molecule has 5 rings (SSSR count). The van der Waals surface area contributed by atoms with Crippen LogP contribution >= 0.6 is 0 Å². The fourth-order valence-electron chi connectivity index (χ4n) is 6.11. The topological polar surface area (TPSA) is 135 Å². The lowest BCUT2D eigenvalue weighted by Crippen LogP contribution is -2.61. The molecule has 0 unspecified atom stereocenters. The van der Waals surface area contributed by atoms with Gasteiger partial charge < -0.3 is 30.7 Å². The highest BCUT2D eigenvalue weighted by molar-refractivity contribution is 5.98. The van der Waals surface area contributed by atoms with Gasteiger partial charge in [-0.1, -0.05) is 12.1 Å². The third kappa shape index (κ3) is 6.42. The maximum Gasteiger partial charge on any atom is 0.265 e. The van der Waals surface area contributed by atoms with Gasteiger partial charge in [0, 0.05) is 59.9 Å². The van der Waals surface area contributed by atoms with Crippen molar-refractivity contribution in [2.24, 2.45) is 5.73 Å². The number of likely N-dealkylation sites (tertiary alicyclic amines) is 1. The van der Waals surface area contributed by atoms with Crippen molar-refractivity contribution in [1.82, 2.24) is 14.9 Å². The van der Waals surface area contributed by atoms with Crippen molar-refractivity contribution >= 4 is 35.0 Å². The first-order valence-corrected chi connectivity index (χ1v) is 14.5. The normalized spacial score (nSPS) is 18.1. The maximum absolute atomic E-state index is 12.4. The van der Waals surface area contributed by atoms with Crippen molar-refractivity contribution in [3.63, 3.8) is 0 Å². The zero-order valence-corrected chi connectivity index (χ0v) is 25.7. The number of ether oxygens (including phenoxy) is 2. The van der Waals surface area contributed by atoms with Crippen LogP contribution in [-0.4, -0.2) is 77.7 Å². The lowest BCUT2D eigenvalue weighted by molar-refractivity contribution is -0.121. The molecule has 2 aliphatic heterocycles. The molecule has 1 fully saturated rings. The van der Waals surface area contributed by atoms with Crippen LogP contribution in [0.15, 0.2) is 48.7 Å². The number of carbonyl (C=O) groups is 2. The van der Waals surface area contributed by atoms with Gasteiger partial charge in [0.2, 0.25) is 11.9 Å². The van der Waals surface area contributed by atoms with Crippen molar-refractivity contribution in [2.75, 3.05) is 49.4 Å². The van der Waals surface area contributed by atoms with E-state index in [2.05, 4.69) is 55.3 Å². The van der Waals surface area contributed by atoms with Gasteiger partial charge in [0.05, 0.1) is 12.3 Å². The van der Waals surface area contributed by atoms with Gasteiger partial charge in [-0.05, 0) is 77.4 Å². The summed E-state index contributed by atoms with van der Waals surface area (Å²) >= 11 is 0. The SMILES string of the molecule is COCCN1C(=O)COc2cc(Nc3ncc(-c4cccc(C(N)=O)c4)c(NC4CC(C)(C)N(C)C(C)(C)C4)n3)ccc21. The Morgan fingerprint density at radius 3 is 2.58 bits per heavy atom. The molecule has 11 heteroatoms. The molecule has 0 spiro atoms. The number of benzene rings is 2. The molecule has 4 N–H and O–H groups in total. The zero-order valence-electron chi connectivity index (χ0n) is 25.7. The van der Waals surface area contributed by atoms with Crippen molar-refractivity contribution < 1.29 is 19.1 Å². The number of anilines is 4. The second-order valence-electron chi connectivity index (χ2n) is 12.5. The first kappa shape index (κ1) is 30.2. The number of nitrogens with two attached hydrogens (primary N) is 1. The van der Waals surface area contributed by atoms with E-state index in [0.29, 0.717) is 41.9 Å². The van der Waals surface area contributed by atoms with Crippen LogP contribution < -0.4 is 26.0 Å². The predicted molar refractivity (Wildman–Crippen MR) is 168 cm³/mol. The molecule has 0 saturated carbocycles. The van der Waals surface area contributed by atoms with E-state index in [4.69, 9.17) is 20.2 Å². The molecule has 2 amide bonds. The van der Waals surface area contributed by atoms with Gasteiger partial charge in [-0.25, -0.2) is 4.98 Å². The van der Waals surface area contributed by atoms with Crippen molar-refractivity contribution in [1.29, 1.82) is 0 Å². The summed E-state index contributed by atoms with van der Waals surface area (Å²) in [6.07, 6.45) is 3.59. The molecule has 2 aliphatic rings. The Balaban J connectivity index is 1.47. The lowest BCUT2D eigenvalue weighted by Gasteiger charge is -2.53. The largest absolute Gasteiger partial charge is 0.481 e. The number of fused-ring (bicyclic) bond motifs is 1. The van der Waals surface area contributed by atoms with E-state index >= 15 is 0 Å². The monoisotopic (exact) mass is 587 g/mol. The number of aromatic nitrogens is 2. The van der Waals surface area contributed by atoms with Crippen molar-refractivity contribution in [3.05, 3.63) is 54.2 Å². The molecule has 3 aromatic rings. The Labute approximate surface area is 252 Å². The van der Waals surface area contributed by atoms with E-state index in [1.54, 1.807) is 36.4 Å². The average molecular weight is 588 g/mol. The van der Waals surface area contributed by atoms with Crippen LogP contribution in [0.2, 0.25) is 0 Å². The van der Waals surface area contributed by atoms with Crippen LogP contribution in [0.3, 0.4) is 0 Å². The van der Waals surface area contributed by atoms with Gasteiger partial charge in [0.25, 0.3) is 5.91 Å². The number of primary amides is 1. The molecule has 0 atom stereocenters. The minimum absolute atomic E-state index is 0.0266. The van der Waals surface area contributed by atoms with E-state index in [0.717, 1.165) is 29.7 Å². The first-order chi connectivity index (χ1) is 20.4. The Kier molecular flexibility index (Phi) is 8.31. The highest BCUT2D eigenvalue weighted by Crippen LogP contribution is 2.40. The van der Waals surface area contributed by atoms with Crippen LogP contribution in [0.5, 0.6) is 5.75 Å². The van der Waals surface area contributed by atoms with Gasteiger partial charge in [-0.3, -0.25) is 14.5 Å². The third-order valence-corrected chi connectivity index (χ3v) is 8.57. The Morgan fingerprint density at radius 1 is 1.14 bits per heavy atom. The molecular formula is C32H41N7O4. The number of nitrogens with zero attached hydrogens (tertiary/aromatic N) is 4. The lowest BCUT2D eigenvalue weighted by atomic mass is 9.77. The first-order valence-electron chi connectivity index (χ1n) is 14.5. The smallest absolute Gasteiger partial charge is 0.265 e. The van der Waals surface area contributed by atoms with E-state index in [1.165, 1.54) is 0 Å². The van der Waals surface area contributed by atoms with E-state index in [-0.39, 0.29) is 29.6 Å². The number of carbonyl (C=O) groups excluding carboxylic acids is 2. The Bertz CT molecular complexity index is 1510. The molecule has 0 radical (unpaired) electrons. The average Bonchev–Trinajstić information content (AvgIpc) is 2.95. The van der Waals surface area contributed by atoms with Crippen molar-refractivity contribution in [2.45, 2.75) is 57.7 Å². The van der Waals surface area contributed by atoms with Gasteiger partial charge in [-0.2, -0.15) is 4.98 Å². The predicted octanol–water partition coefficient (Wildman–Crippen LogP) is 4.42. The highest BCUT2D eigenvalue weighted by Gasteiger charge is 2.43. The molecule has 1 aromatic heterocycles. The summed E-state index contributed by atoms with van der Waals surface area (Å²) in [5.41, 5.74) is 8.92. The van der Waals surface area contributed by atoms with Gasteiger partial charge in [-0.15, -0.1) is 0 Å². The van der Waals surface area contributed by atoms with Crippen LogP contribution in [0.4, 0.5) is 23.1 Å². The number of amides is 2. The Morgan fingerprint density at radius 2 is 1.88 bits per heavy atom. The molecule has 0 aliphatic carbocycles. The summed E-state index contributed by atoms with van der Waals surface area (Å²) in [4.78, 5) is 38.0.